The molecule has 8 nitrogen and oxygen atoms in total. The maximum atomic E-state index is 11.3. The van der Waals surface area contributed by atoms with E-state index in [-0.39, 0.29) is 5.91 Å². The van der Waals surface area contributed by atoms with Crippen LogP contribution in [0.1, 0.15) is 24.0 Å². The minimum absolute atomic E-state index is 0.0646. The molecule has 3 heterocycles. The van der Waals surface area contributed by atoms with E-state index < -0.39 is 12.1 Å². The minimum atomic E-state index is -5.08. The molecule has 168 valence electrons. The molecule has 1 amide bonds. The Morgan fingerprint density at radius 2 is 1.75 bits per heavy atom. The van der Waals surface area contributed by atoms with E-state index in [0.29, 0.717) is 0 Å². The van der Waals surface area contributed by atoms with Crippen molar-refractivity contribution in [3.63, 3.8) is 0 Å². The topological polar surface area (TPSA) is 102 Å². The molecule has 3 aromatic heterocycles. The van der Waals surface area contributed by atoms with Gasteiger partial charge >= 0.3 is 12.1 Å². The van der Waals surface area contributed by atoms with E-state index in [4.69, 9.17) is 9.90 Å². The molecule has 0 aliphatic rings. The van der Waals surface area contributed by atoms with E-state index in [1.807, 2.05) is 31.2 Å². The smallest absolute Gasteiger partial charge is 0.475 e. The zero-order chi connectivity index (χ0) is 23.6. The third-order valence-corrected chi connectivity index (χ3v) is 4.64. The van der Waals surface area contributed by atoms with Crippen molar-refractivity contribution < 1.29 is 27.9 Å². The van der Waals surface area contributed by atoms with Crippen molar-refractivity contribution in [2.45, 2.75) is 33.5 Å². The standard InChI is InChI=1S/C19H19N5O.C2HF3O2/c1-12-9-18-17(7-8-19-22-21-13(2)24(18)19)23(12)11-15-5-4-6-16(10-15)20-14(3)25;3-2(4,5)1(6)7/h4-10H,11H2,1-3H3,(H,20,25);(H,6,7). The van der Waals surface area contributed by atoms with Crippen LogP contribution in [0.25, 0.3) is 16.7 Å². The molecule has 0 aliphatic carbocycles. The van der Waals surface area contributed by atoms with Gasteiger partial charge in [-0.15, -0.1) is 10.2 Å². The Morgan fingerprint density at radius 1 is 1.06 bits per heavy atom. The molecule has 0 bridgehead atoms. The van der Waals surface area contributed by atoms with Crippen LogP contribution in [0.3, 0.4) is 0 Å². The average Bonchev–Trinajstić information content (AvgIpc) is 3.21. The lowest BCUT2D eigenvalue weighted by Crippen LogP contribution is -2.21. The molecule has 0 atom stereocenters. The van der Waals surface area contributed by atoms with Crippen LogP contribution in [0.2, 0.25) is 0 Å². The van der Waals surface area contributed by atoms with Crippen LogP contribution in [0, 0.1) is 13.8 Å². The lowest BCUT2D eigenvalue weighted by molar-refractivity contribution is -0.192. The highest BCUT2D eigenvalue weighted by Crippen LogP contribution is 2.24. The molecule has 0 spiro atoms. The normalized spacial score (nSPS) is 11.3. The van der Waals surface area contributed by atoms with Crippen molar-refractivity contribution in [1.29, 1.82) is 0 Å². The lowest BCUT2D eigenvalue weighted by Gasteiger charge is -2.10. The molecule has 4 aromatic rings. The van der Waals surface area contributed by atoms with E-state index in [9.17, 15) is 18.0 Å². The van der Waals surface area contributed by atoms with Gasteiger partial charge in [0, 0.05) is 24.8 Å². The molecule has 0 unspecified atom stereocenters. The van der Waals surface area contributed by atoms with Gasteiger partial charge in [0.25, 0.3) is 0 Å². The van der Waals surface area contributed by atoms with E-state index in [1.54, 1.807) is 0 Å². The van der Waals surface area contributed by atoms with Gasteiger partial charge in [-0.1, -0.05) is 12.1 Å². The average molecular weight is 447 g/mol. The number of pyridine rings is 1. The van der Waals surface area contributed by atoms with E-state index in [2.05, 4.69) is 49.6 Å². The number of carboxylic acids is 1. The summed E-state index contributed by atoms with van der Waals surface area (Å²) >= 11 is 0. The first-order valence-corrected chi connectivity index (χ1v) is 9.44. The number of nitrogens with one attached hydrogen (secondary N) is 1. The number of nitrogens with zero attached hydrogens (tertiary/aromatic N) is 4. The van der Waals surface area contributed by atoms with Crippen LogP contribution in [-0.4, -0.2) is 42.3 Å². The fraction of sp³-hybridized carbons (Fsp3) is 0.238. The quantitative estimate of drug-likeness (QED) is 0.495. The van der Waals surface area contributed by atoms with Crippen LogP contribution < -0.4 is 5.32 Å². The summed E-state index contributed by atoms with van der Waals surface area (Å²) < 4.78 is 36.1. The summed E-state index contributed by atoms with van der Waals surface area (Å²) in [5.74, 6) is -1.94. The Kier molecular flexibility index (Phi) is 6.19. The minimum Gasteiger partial charge on any atom is -0.475 e. The highest BCUT2D eigenvalue weighted by atomic mass is 19.4. The summed E-state index contributed by atoms with van der Waals surface area (Å²) in [5, 5.41) is 18.3. The summed E-state index contributed by atoms with van der Waals surface area (Å²) in [6.45, 7) is 6.31. The van der Waals surface area contributed by atoms with E-state index in [1.165, 1.54) is 12.6 Å². The number of anilines is 1. The predicted molar refractivity (Wildman–Crippen MR) is 111 cm³/mol. The maximum Gasteiger partial charge on any atom is 0.490 e. The number of hydrogen-bond donors (Lipinski definition) is 2. The number of carbonyl (C=O) groups excluding carboxylic acids is 1. The van der Waals surface area contributed by atoms with Gasteiger partial charge in [0.15, 0.2) is 5.65 Å². The zero-order valence-electron chi connectivity index (χ0n) is 17.4. The number of rotatable bonds is 3. The Bertz CT molecular complexity index is 1310. The molecule has 0 fully saturated rings. The van der Waals surface area contributed by atoms with Crippen LogP contribution in [0.5, 0.6) is 0 Å². The number of amides is 1. The summed E-state index contributed by atoms with van der Waals surface area (Å²) in [6, 6.07) is 14.2. The number of hydrogen-bond acceptors (Lipinski definition) is 4. The first-order chi connectivity index (χ1) is 15.0. The van der Waals surface area contributed by atoms with Gasteiger partial charge in [-0.2, -0.15) is 13.2 Å². The molecule has 32 heavy (non-hydrogen) atoms. The number of carboxylic acid groups (broad SMARTS) is 1. The number of alkyl halides is 3. The third-order valence-electron chi connectivity index (χ3n) is 4.64. The molecule has 0 saturated carbocycles. The maximum absolute atomic E-state index is 11.3. The van der Waals surface area contributed by atoms with E-state index in [0.717, 1.165) is 40.3 Å². The van der Waals surface area contributed by atoms with Gasteiger partial charge in [0.2, 0.25) is 5.91 Å². The van der Waals surface area contributed by atoms with Crippen LogP contribution in [0.4, 0.5) is 18.9 Å². The third kappa shape index (κ3) is 4.88. The highest BCUT2D eigenvalue weighted by Gasteiger charge is 2.38. The van der Waals surface area contributed by atoms with Gasteiger partial charge in [-0.3, -0.25) is 9.20 Å². The van der Waals surface area contributed by atoms with Crippen LogP contribution in [-0.2, 0) is 16.1 Å². The first-order valence-electron chi connectivity index (χ1n) is 9.44. The van der Waals surface area contributed by atoms with Crippen molar-refractivity contribution in [3.05, 3.63) is 59.5 Å². The first kappa shape index (κ1) is 22.8. The molecule has 0 aliphatic heterocycles. The number of aromatic nitrogens is 4. The second-order valence-corrected chi connectivity index (χ2v) is 7.10. The Morgan fingerprint density at radius 3 is 2.38 bits per heavy atom. The Balaban J connectivity index is 0.000000360. The number of halogens is 3. The van der Waals surface area contributed by atoms with Crippen molar-refractivity contribution in [2.24, 2.45) is 0 Å². The second kappa shape index (κ2) is 8.69. The molecule has 1 aromatic carbocycles. The molecule has 4 rings (SSSR count). The number of benzene rings is 1. The Labute approximate surface area is 180 Å². The van der Waals surface area contributed by atoms with Gasteiger partial charge in [0.05, 0.1) is 11.0 Å². The molecule has 0 radical (unpaired) electrons. The molecular formula is C21H20F3N5O3. The van der Waals surface area contributed by atoms with Crippen LogP contribution in [0.15, 0.2) is 42.5 Å². The van der Waals surface area contributed by atoms with Crippen molar-refractivity contribution in [2.75, 3.05) is 5.32 Å². The number of carbonyl (C=O) groups is 2. The molecule has 0 saturated heterocycles. The van der Waals surface area contributed by atoms with Gasteiger partial charge in [0.1, 0.15) is 5.82 Å². The molecule has 2 N–H and O–H groups in total. The fourth-order valence-electron chi connectivity index (χ4n) is 3.31. The molecular weight excluding hydrogens is 427 g/mol. The van der Waals surface area contributed by atoms with Gasteiger partial charge < -0.3 is 15.0 Å². The van der Waals surface area contributed by atoms with Crippen molar-refractivity contribution in [1.82, 2.24) is 19.2 Å². The van der Waals surface area contributed by atoms with Crippen molar-refractivity contribution >= 4 is 34.2 Å². The number of aryl methyl sites for hydroxylation is 2. The number of aliphatic carboxylic acids is 1. The molecule has 11 heteroatoms. The second-order valence-electron chi connectivity index (χ2n) is 7.10. The van der Waals surface area contributed by atoms with Gasteiger partial charge in [-0.25, -0.2) is 4.79 Å². The highest BCUT2D eigenvalue weighted by molar-refractivity contribution is 5.88. The fourth-order valence-corrected chi connectivity index (χ4v) is 3.31. The summed E-state index contributed by atoms with van der Waals surface area (Å²) in [4.78, 5) is 20.2. The lowest BCUT2D eigenvalue weighted by atomic mass is 10.2. The SMILES string of the molecule is CC(=O)Nc1cccc(Cn2c(C)cc3c2ccc2nnc(C)n23)c1.O=C(O)C(F)(F)F. The van der Waals surface area contributed by atoms with Crippen molar-refractivity contribution in [3.8, 4) is 0 Å². The summed E-state index contributed by atoms with van der Waals surface area (Å²) in [7, 11) is 0. The van der Waals surface area contributed by atoms with Crippen LogP contribution >= 0.6 is 0 Å². The largest absolute Gasteiger partial charge is 0.490 e. The zero-order valence-corrected chi connectivity index (χ0v) is 17.4. The summed E-state index contributed by atoms with van der Waals surface area (Å²) in [5.41, 5.74) is 6.22. The van der Waals surface area contributed by atoms with Gasteiger partial charge in [-0.05, 0) is 49.7 Å². The Hall–Kier alpha value is -3.89. The number of fused-ring (bicyclic) bond motifs is 3. The monoisotopic (exact) mass is 447 g/mol. The predicted octanol–water partition coefficient (Wildman–Crippen LogP) is 3.94. The van der Waals surface area contributed by atoms with E-state index >= 15 is 0 Å². The summed E-state index contributed by atoms with van der Waals surface area (Å²) in [6.07, 6.45) is -5.08.